The van der Waals surface area contributed by atoms with Crippen LogP contribution < -0.4 is 0 Å². The van der Waals surface area contributed by atoms with Gasteiger partial charge in [0.15, 0.2) is 0 Å². The number of carbonyl (C=O) groups is 1. The molecule has 7 heteroatoms. The third-order valence-electron chi connectivity index (χ3n) is 1.77. The average molecular weight is 327 g/mol. The van der Waals surface area contributed by atoms with E-state index in [9.17, 15) is 13.2 Å². The topological polar surface area (TPSA) is 86.0 Å². The Bertz CT molecular complexity index is 484. The van der Waals surface area contributed by atoms with Crippen LogP contribution in [0.3, 0.4) is 0 Å². The van der Waals surface area contributed by atoms with Crippen molar-refractivity contribution in [3.05, 3.63) is 29.8 Å². The van der Waals surface area contributed by atoms with E-state index in [0.717, 1.165) is 2.52 Å². The van der Waals surface area contributed by atoms with Gasteiger partial charge in [-0.05, 0) is 12.1 Å². The Balaban J connectivity index is 0.000000980. The molecule has 0 atom stereocenters. The third-order valence-corrected chi connectivity index (χ3v) is 5.26. The molecule has 0 bridgehead atoms. The molecule has 76 valence electrons. The Kier molecular flexibility index (Phi) is 2.83. The molecule has 1 aromatic rings. The fourth-order valence-electron chi connectivity index (χ4n) is 1.16. The van der Waals surface area contributed by atoms with Gasteiger partial charge >= 0.3 is 0 Å². The molecule has 0 unspecified atom stereocenters. The summed E-state index contributed by atoms with van der Waals surface area (Å²) in [5.41, 5.74) is 0.247. The summed E-state index contributed by atoms with van der Waals surface area (Å²) in [6.45, 7) is 0. The Morgan fingerprint density at radius 2 is 1.79 bits per heavy atom. The van der Waals surface area contributed by atoms with Gasteiger partial charge in [0.2, 0.25) is 0 Å². The van der Waals surface area contributed by atoms with Crippen molar-refractivity contribution in [2.24, 2.45) is 0 Å². The quantitative estimate of drug-likeness (QED) is 0.509. The predicted molar refractivity (Wildman–Crippen MR) is 57.4 cm³/mol. The molecule has 0 saturated carbocycles. The van der Waals surface area contributed by atoms with Gasteiger partial charge < -0.3 is 5.48 Å². The van der Waals surface area contributed by atoms with Gasteiger partial charge in [-0.25, -0.2) is 8.42 Å². The highest BCUT2D eigenvalue weighted by atomic mass is 127. The molecular formula is C7H6INO4S. The molecule has 1 heterocycles. The molecule has 0 saturated heterocycles. The molecule has 0 aliphatic carbocycles. The lowest BCUT2D eigenvalue weighted by Crippen LogP contribution is -2.18. The number of benzene rings is 1. The molecule has 1 amide bonds. The Morgan fingerprint density at radius 1 is 1.21 bits per heavy atom. The molecule has 0 fully saturated rings. The second-order valence-corrected chi connectivity index (χ2v) is 5.90. The number of hydrogen-bond acceptors (Lipinski definition) is 3. The number of halogens is 1. The third kappa shape index (κ3) is 1.31. The number of carbonyl (C=O) groups excluding carboxylic acids is 1. The summed E-state index contributed by atoms with van der Waals surface area (Å²) in [7, 11) is -3.56. The minimum absolute atomic E-state index is 0. The van der Waals surface area contributed by atoms with Crippen molar-refractivity contribution in [2.75, 3.05) is 0 Å². The van der Waals surface area contributed by atoms with E-state index in [-0.39, 0.29) is 15.9 Å². The van der Waals surface area contributed by atoms with Crippen molar-refractivity contribution < 1.29 is 18.7 Å². The maximum Gasteiger partial charge on any atom is 0.278 e. The number of rotatable bonds is 0. The van der Waals surface area contributed by atoms with Gasteiger partial charge in [-0.15, -0.1) is 0 Å². The fourth-order valence-corrected chi connectivity index (χ4v) is 3.23. The normalized spacial score (nSPS) is 17.5. The minimum Gasteiger partial charge on any atom is -0.412 e. The van der Waals surface area contributed by atoms with Gasteiger partial charge in [-0.2, -0.15) is 2.52 Å². The summed E-state index contributed by atoms with van der Waals surface area (Å²) >= 11 is 1.49. The van der Waals surface area contributed by atoms with Gasteiger partial charge in [-0.1, -0.05) is 12.1 Å². The number of sulfonamides is 1. The van der Waals surface area contributed by atoms with Crippen molar-refractivity contribution in [1.29, 1.82) is 0 Å². The largest absolute Gasteiger partial charge is 0.412 e. The molecule has 0 radical (unpaired) electrons. The monoisotopic (exact) mass is 327 g/mol. The predicted octanol–water partition coefficient (Wildman–Crippen LogP) is 0.356. The summed E-state index contributed by atoms with van der Waals surface area (Å²) in [5, 5.41) is 0. The first-order chi connectivity index (χ1) is 6.05. The van der Waals surface area contributed by atoms with Crippen molar-refractivity contribution in [1.82, 2.24) is 2.52 Å². The highest BCUT2D eigenvalue weighted by Gasteiger charge is 2.39. The Labute approximate surface area is 94.6 Å². The van der Waals surface area contributed by atoms with Crippen molar-refractivity contribution in [3.63, 3.8) is 0 Å². The summed E-state index contributed by atoms with van der Waals surface area (Å²) in [6.07, 6.45) is 0. The van der Waals surface area contributed by atoms with Gasteiger partial charge in [0.1, 0.15) is 4.90 Å². The highest BCUT2D eigenvalue weighted by molar-refractivity contribution is 14.1. The second-order valence-electron chi connectivity index (χ2n) is 2.52. The van der Waals surface area contributed by atoms with Gasteiger partial charge in [0.05, 0.1) is 28.4 Å². The SMILES string of the molecule is O.O=C1c2ccccc2S(=O)(=O)N1I. The maximum absolute atomic E-state index is 11.5. The number of hydrogen-bond donors (Lipinski definition) is 0. The van der Waals surface area contributed by atoms with E-state index >= 15 is 0 Å². The van der Waals surface area contributed by atoms with E-state index in [2.05, 4.69) is 0 Å². The van der Waals surface area contributed by atoms with Crippen LogP contribution in [0.15, 0.2) is 29.2 Å². The first-order valence-corrected chi connectivity index (χ1v) is 5.80. The van der Waals surface area contributed by atoms with Gasteiger partial charge in [0.25, 0.3) is 15.9 Å². The molecule has 2 rings (SSSR count). The number of amides is 1. The molecule has 5 nitrogen and oxygen atoms in total. The zero-order chi connectivity index (χ0) is 9.64. The summed E-state index contributed by atoms with van der Waals surface area (Å²) in [5.74, 6) is -0.476. The van der Waals surface area contributed by atoms with E-state index < -0.39 is 15.9 Å². The number of fused-ring (bicyclic) bond motifs is 1. The molecule has 1 aromatic carbocycles. The highest BCUT2D eigenvalue weighted by Crippen LogP contribution is 2.32. The Hall–Kier alpha value is -0.670. The molecular weight excluding hydrogens is 321 g/mol. The summed E-state index contributed by atoms with van der Waals surface area (Å²) in [6, 6.07) is 6.18. The van der Waals surface area contributed by atoms with Crippen LogP contribution in [0.5, 0.6) is 0 Å². The standard InChI is InChI=1S/C7H4INO3S.H2O/c8-9-7(10)5-3-1-2-4-6(5)13(9,11)12;/h1-4H;1H2. The first kappa shape index (κ1) is 11.4. The molecule has 0 spiro atoms. The minimum atomic E-state index is -3.56. The molecule has 1 aliphatic heterocycles. The van der Waals surface area contributed by atoms with Crippen LogP contribution in [0, 0.1) is 0 Å². The van der Waals surface area contributed by atoms with E-state index in [1.54, 1.807) is 12.1 Å². The lowest BCUT2D eigenvalue weighted by atomic mass is 10.2. The van der Waals surface area contributed by atoms with E-state index in [1.165, 1.54) is 35.0 Å². The first-order valence-electron chi connectivity index (χ1n) is 3.39. The second kappa shape index (κ2) is 3.48. The fraction of sp³-hybridized carbons (Fsp3) is 0. The van der Waals surface area contributed by atoms with Crippen LogP contribution in [-0.4, -0.2) is 22.3 Å². The van der Waals surface area contributed by atoms with E-state index in [0.29, 0.717) is 0 Å². The van der Waals surface area contributed by atoms with Crippen LogP contribution in [0.25, 0.3) is 0 Å². The lowest BCUT2D eigenvalue weighted by Gasteiger charge is -2.02. The maximum atomic E-state index is 11.5. The van der Waals surface area contributed by atoms with Crippen molar-refractivity contribution in [3.8, 4) is 0 Å². The van der Waals surface area contributed by atoms with Gasteiger partial charge in [-0.3, -0.25) is 4.79 Å². The zero-order valence-electron chi connectivity index (χ0n) is 6.77. The van der Waals surface area contributed by atoms with Crippen LogP contribution in [0.1, 0.15) is 10.4 Å². The smallest absolute Gasteiger partial charge is 0.278 e. The van der Waals surface area contributed by atoms with Gasteiger partial charge in [0, 0.05) is 0 Å². The summed E-state index contributed by atoms with van der Waals surface area (Å²) < 4.78 is 23.7. The molecule has 14 heavy (non-hydrogen) atoms. The lowest BCUT2D eigenvalue weighted by molar-refractivity contribution is 0.0944. The van der Waals surface area contributed by atoms with Crippen molar-refractivity contribution >= 4 is 38.8 Å². The average Bonchev–Trinajstić information content (AvgIpc) is 2.30. The Morgan fingerprint density at radius 3 is 2.36 bits per heavy atom. The van der Waals surface area contributed by atoms with Crippen LogP contribution >= 0.6 is 22.9 Å². The van der Waals surface area contributed by atoms with Crippen LogP contribution in [-0.2, 0) is 10.0 Å². The van der Waals surface area contributed by atoms with E-state index in [1.807, 2.05) is 0 Å². The summed E-state index contributed by atoms with van der Waals surface area (Å²) in [4.78, 5) is 11.4. The number of nitrogens with zero attached hydrogens (tertiary/aromatic N) is 1. The zero-order valence-corrected chi connectivity index (χ0v) is 9.74. The molecule has 2 N–H and O–H groups in total. The van der Waals surface area contributed by atoms with Crippen LogP contribution in [0.4, 0.5) is 0 Å². The van der Waals surface area contributed by atoms with E-state index in [4.69, 9.17) is 0 Å². The molecule has 0 aromatic heterocycles. The molecule has 1 aliphatic rings. The van der Waals surface area contributed by atoms with Crippen LogP contribution in [0.2, 0.25) is 0 Å². The van der Waals surface area contributed by atoms with Crippen molar-refractivity contribution in [2.45, 2.75) is 4.90 Å².